The van der Waals surface area contributed by atoms with Crippen molar-refractivity contribution < 1.29 is 14.1 Å². The number of nitro groups is 1. The lowest BCUT2D eigenvalue weighted by molar-refractivity contribution is -0.387. The minimum atomic E-state index is -0.855. The van der Waals surface area contributed by atoms with E-state index in [9.17, 15) is 19.3 Å². The Kier molecular flexibility index (Phi) is 4.10. The number of nitro benzene ring substituents is 1. The fraction of sp³-hybridized carbons (Fsp3) is 0.364. The molecule has 0 saturated carbocycles. The van der Waals surface area contributed by atoms with Crippen LogP contribution in [0.25, 0.3) is 0 Å². The summed E-state index contributed by atoms with van der Waals surface area (Å²) < 4.78 is 13.2. The summed E-state index contributed by atoms with van der Waals surface area (Å²) >= 11 is 0. The summed E-state index contributed by atoms with van der Waals surface area (Å²) in [7, 11) is 0. The van der Waals surface area contributed by atoms with Crippen LogP contribution in [0.2, 0.25) is 0 Å². The maximum atomic E-state index is 13.2. The Balaban J connectivity index is 2.74. The smallest absolute Gasteiger partial charge is 0.300 e. The first-order valence-electron chi connectivity index (χ1n) is 4.99. The molecule has 0 unspecified atom stereocenters. The third kappa shape index (κ3) is 3.12. The van der Waals surface area contributed by atoms with Gasteiger partial charge in [-0.05, 0) is 18.1 Å². The van der Waals surface area contributed by atoms with Gasteiger partial charge in [0.15, 0.2) is 0 Å². The highest BCUT2D eigenvalue weighted by Gasteiger charge is 2.13. The summed E-state index contributed by atoms with van der Waals surface area (Å²) in [5.41, 5.74) is 0.0652. The van der Waals surface area contributed by atoms with Gasteiger partial charge in [0, 0.05) is 18.9 Å². The molecule has 0 fully saturated rings. The van der Waals surface area contributed by atoms with Crippen molar-refractivity contribution in [3.8, 4) is 0 Å². The maximum absolute atomic E-state index is 13.2. The minimum absolute atomic E-state index is 0.0961. The predicted molar refractivity (Wildman–Crippen MR) is 56.7 cm³/mol. The summed E-state index contributed by atoms with van der Waals surface area (Å²) in [5.74, 6) is -0.759. The van der Waals surface area contributed by atoms with Gasteiger partial charge in [0.25, 0.3) is 0 Å². The number of carbonyl (C=O) groups excluding carboxylic acids is 1. The van der Waals surface area contributed by atoms with E-state index in [4.69, 9.17) is 0 Å². The first-order chi connectivity index (χ1) is 7.54. The molecule has 0 heterocycles. The van der Waals surface area contributed by atoms with E-state index >= 15 is 0 Å². The van der Waals surface area contributed by atoms with Gasteiger partial charge in [0.2, 0.25) is 5.82 Å². The Bertz CT molecular complexity index is 418. The number of ketones is 1. The summed E-state index contributed by atoms with van der Waals surface area (Å²) in [5, 5.41) is 10.4. The molecule has 1 aromatic carbocycles. The van der Waals surface area contributed by atoms with Crippen molar-refractivity contribution in [1.82, 2.24) is 0 Å². The SMILES string of the molecule is CCC(=O)CCc1ccc([N+](=O)[O-])c(F)c1. The third-order valence-electron chi connectivity index (χ3n) is 2.30. The zero-order valence-corrected chi connectivity index (χ0v) is 8.90. The molecular weight excluding hydrogens is 213 g/mol. The molecule has 0 N–H and O–H groups in total. The van der Waals surface area contributed by atoms with E-state index < -0.39 is 16.4 Å². The number of rotatable bonds is 5. The molecule has 0 amide bonds. The summed E-state index contributed by atoms with van der Waals surface area (Å²) in [4.78, 5) is 20.6. The zero-order valence-electron chi connectivity index (χ0n) is 8.90. The Morgan fingerprint density at radius 3 is 2.69 bits per heavy atom. The highest BCUT2D eigenvalue weighted by Crippen LogP contribution is 2.18. The van der Waals surface area contributed by atoms with Crippen molar-refractivity contribution in [3.05, 3.63) is 39.7 Å². The van der Waals surface area contributed by atoms with Gasteiger partial charge < -0.3 is 0 Å². The monoisotopic (exact) mass is 225 g/mol. The Labute approximate surface area is 92.2 Å². The van der Waals surface area contributed by atoms with Crippen LogP contribution in [0.1, 0.15) is 25.3 Å². The first-order valence-corrected chi connectivity index (χ1v) is 4.99. The lowest BCUT2D eigenvalue weighted by Crippen LogP contribution is -1.99. The zero-order chi connectivity index (χ0) is 12.1. The number of hydrogen-bond acceptors (Lipinski definition) is 3. The van der Waals surface area contributed by atoms with Crippen LogP contribution in [0.15, 0.2) is 18.2 Å². The number of aryl methyl sites for hydroxylation is 1. The second-order valence-electron chi connectivity index (χ2n) is 3.44. The van der Waals surface area contributed by atoms with Gasteiger partial charge in [0.1, 0.15) is 5.78 Å². The average molecular weight is 225 g/mol. The van der Waals surface area contributed by atoms with Gasteiger partial charge in [0.05, 0.1) is 4.92 Å². The van der Waals surface area contributed by atoms with E-state index in [1.165, 1.54) is 6.07 Å². The molecule has 0 aliphatic carbocycles. The molecule has 1 aromatic rings. The number of carbonyl (C=O) groups is 1. The van der Waals surface area contributed by atoms with Gasteiger partial charge in [-0.3, -0.25) is 14.9 Å². The fourth-order valence-electron chi connectivity index (χ4n) is 1.31. The molecule has 5 heteroatoms. The van der Waals surface area contributed by atoms with Crippen LogP contribution >= 0.6 is 0 Å². The molecule has 1 rings (SSSR count). The minimum Gasteiger partial charge on any atom is -0.300 e. The molecule has 0 spiro atoms. The van der Waals surface area contributed by atoms with Crippen LogP contribution in [0.4, 0.5) is 10.1 Å². The molecule has 0 bridgehead atoms. The van der Waals surface area contributed by atoms with Crippen molar-refractivity contribution in [1.29, 1.82) is 0 Å². The van der Waals surface area contributed by atoms with E-state index in [0.29, 0.717) is 24.8 Å². The molecule has 0 aliphatic heterocycles. The number of Topliss-reactive ketones (excluding diaryl/α,β-unsaturated/α-hetero) is 1. The second-order valence-corrected chi connectivity index (χ2v) is 3.44. The number of hydrogen-bond donors (Lipinski definition) is 0. The summed E-state index contributed by atoms with van der Waals surface area (Å²) in [6, 6.07) is 3.71. The Morgan fingerprint density at radius 2 is 2.19 bits per heavy atom. The van der Waals surface area contributed by atoms with Crippen molar-refractivity contribution >= 4 is 11.5 Å². The normalized spacial score (nSPS) is 10.1. The van der Waals surface area contributed by atoms with Gasteiger partial charge in [-0.15, -0.1) is 0 Å². The largest absolute Gasteiger partial charge is 0.304 e. The molecule has 0 radical (unpaired) electrons. The fourth-order valence-corrected chi connectivity index (χ4v) is 1.31. The summed E-state index contributed by atoms with van der Waals surface area (Å²) in [6.07, 6.45) is 1.21. The standard InChI is InChI=1S/C11H12FNO3/c1-2-9(14)5-3-8-4-6-11(13(15)16)10(12)7-8/h4,6-7H,2-3,5H2,1H3. The molecular formula is C11H12FNO3. The molecule has 0 aromatic heterocycles. The number of halogens is 1. The van der Waals surface area contributed by atoms with Crippen LogP contribution in [-0.2, 0) is 11.2 Å². The maximum Gasteiger partial charge on any atom is 0.304 e. The molecule has 0 atom stereocenters. The molecule has 86 valence electrons. The lowest BCUT2D eigenvalue weighted by atomic mass is 10.1. The Hall–Kier alpha value is -1.78. The highest BCUT2D eigenvalue weighted by atomic mass is 19.1. The van der Waals surface area contributed by atoms with Crippen LogP contribution in [-0.4, -0.2) is 10.7 Å². The van der Waals surface area contributed by atoms with Crippen LogP contribution in [0.5, 0.6) is 0 Å². The highest BCUT2D eigenvalue weighted by molar-refractivity contribution is 5.78. The van der Waals surface area contributed by atoms with E-state index in [1.807, 2.05) is 0 Å². The number of benzene rings is 1. The van der Waals surface area contributed by atoms with Crippen LogP contribution < -0.4 is 0 Å². The summed E-state index contributed by atoms with van der Waals surface area (Å²) in [6.45, 7) is 1.76. The van der Waals surface area contributed by atoms with E-state index in [1.54, 1.807) is 6.92 Å². The van der Waals surface area contributed by atoms with Gasteiger partial charge in [-0.2, -0.15) is 4.39 Å². The Morgan fingerprint density at radius 1 is 1.50 bits per heavy atom. The van der Waals surface area contributed by atoms with Crippen LogP contribution in [0, 0.1) is 15.9 Å². The second kappa shape index (κ2) is 5.34. The van der Waals surface area contributed by atoms with Gasteiger partial charge in [-0.1, -0.05) is 13.0 Å². The van der Waals surface area contributed by atoms with E-state index in [0.717, 1.165) is 12.1 Å². The predicted octanol–water partition coefficient (Wildman–Crippen LogP) is 2.65. The number of nitrogens with zero attached hydrogens (tertiary/aromatic N) is 1. The van der Waals surface area contributed by atoms with E-state index in [2.05, 4.69) is 0 Å². The van der Waals surface area contributed by atoms with E-state index in [-0.39, 0.29) is 5.78 Å². The van der Waals surface area contributed by atoms with Crippen molar-refractivity contribution in [2.24, 2.45) is 0 Å². The van der Waals surface area contributed by atoms with Gasteiger partial charge in [-0.25, -0.2) is 0 Å². The van der Waals surface area contributed by atoms with Crippen molar-refractivity contribution in [3.63, 3.8) is 0 Å². The average Bonchev–Trinajstić information content (AvgIpc) is 2.25. The first kappa shape index (κ1) is 12.3. The quantitative estimate of drug-likeness (QED) is 0.571. The lowest BCUT2D eigenvalue weighted by Gasteiger charge is -2.00. The van der Waals surface area contributed by atoms with Gasteiger partial charge >= 0.3 is 5.69 Å². The third-order valence-corrected chi connectivity index (χ3v) is 2.30. The molecule has 4 nitrogen and oxygen atoms in total. The molecule has 0 aliphatic rings. The van der Waals surface area contributed by atoms with Crippen molar-refractivity contribution in [2.45, 2.75) is 26.2 Å². The van der Waals surface area contributed by atoms with Crippen LogP contribution in [0.3, 0.4) is 0 Å². The van der Waals surface area contributed by atoms with Crippen molar-refractivity contribution in [2.75, 3.05) is 0 Å². The molecule has 0 saturated heterocycles. The molecule has 16 heavy (non-hydrogen) atoms. The topological polar surface area (TPSA) is 60.2 Å².